The summed E-state index contributed by atoms with van der Waals surface area (Å²) in [6, 6.07) is 6.20. The number of nitrogens with zero attached hydrogens (tertiary/aromatic N) is 2. The highest BCUT2D eigenvalue weighted by Gasteiger charge is 2.48. The van der Waals surface area contributed by atoms with Gasteiger partial charge in [0.25, 0.3) is 0 Å². The summed E-state index contributed by atoms with van der Waals surface area (Å²) >= 11 is 6.06. The fourth-order valence-electron chi connectivity index (χ4n) is 4.21. The minimum absolute atomic E-state index is 0.282. The van der Waals surface area contributed by atoms with Gasteiger partial charge in [-0.2, -0.15) is 0 Å². The number of hydrogen-bond donors (Lipinski definition) is 1. The van der Waals surface area contributed by atoms with Crippen molar-refractivity contribution in [3.8, 4) is 0 Å². The van der Waals surface area contributed by atoms with E-state index in [1.54, 1.807) is 0 Å². The summed E-state index contributed by atoms with van der Waals surface area (Å²) in [5.41, 5.74) is 8.57. The van der Waals surface area contributed by atoms with Crippen molar-refractivity contribution in [2.24, 2.45) is 24.6 Å². The lowest BCUT2D eigenvalue weighted by atomic mass is 9.84. The van der Waals surface area contributed by atoms with Gasteiger partial charge in [-0.3, -0.25) is 0 Å². The smallest absolute Gasteiger partial charge is 0.114 e. The Morgan fingerprint density at radius 1 is 1.32 bits per heavy atom. The molecule has 4 atom stereocenters. The van der Waals surface area contributed by atoms with Crippen molar-refractivity contribution in [2.75, 3.05) is 0 Å². The second kappa shape index (κ2) is 3.97. The standard InChI is InChI=1S/C15H18ClN3/c1-19-12-5-4-10(16)7-11(12)18-15(19)13-8-2-3-9(6-8)14(13)17/h4-5,7-9,13-14H,2-3,6,17H2,1H3. The lowest BCUT2D eigenvalue weighted by Gasteiger charge is -2.27. The van der Waals surface area contributed by atoms with Gasteiger partial charge in [-0.1, -0.05) is 11.6 Å². The number of benzene rings is 1. The number of fused-ring (bicyclic) bond motifs is 3. The molecule has 0 amide bonds. The van der Waals surface area contributed by atoms with Crippen LogP contribution in [0.4, 0.5) is 0 Å². The SMILES string of the molecule is Cn1c(C2C3CCC(C3)C2N)nc2cc(Cl)ccc21. The maximum atomic E-state index is 6.44. The highest BCUT2D eigenvalue weighted by atomic mass is 35.5. The second-order valence-corrected chi connectivity index (χ2v) is 6.53. The Morgan fingerprint density at radius 3 is 2.84 bits per heavy atom. The molecule has 2 N–H and O–H groups in total. The maximum Gasteiger partial charge on any atom is 0.114 e. The molecule has 2 aliphatic carbocycles. The van der Waals surface area contributed by atoms with Gasteiger partial charge in [0, 0.05) is 24.0 Å². The van der Waals surface area contributed by atoms with Crippen molar-refractivity contribution in [1.82, 2.24) is 9.55 Å². The predicted molar refractivity (Wildman–Crippen MR) is 77.3 cm³/mol. The lowest BCUT2D eigenvalue weighted by Crippen LogP contribution is -2.35. The van der Waals surface area contributed by atoms with Crippen LogP contribution >= 0.6 is 11.6 Å². The van der Waals surface area contributed by atoms with Gasteiger partial charge in [0.05, 0.1) is 11.0 Å². The Bertz CT molecular complexity index is 646. The van der Waals surface area contributed by atoms with E-state index in [4.69, 9.17) is 22.3 Å². The van der Waals surface area contributed by atoms with Crippen LogP contribution in [0.15, 0.2) is 18.2 Å². The predicted octanol–water partition coefficient (Wildman–Crippen LogP) is 3.07. The Labute approximate surface area is 117 Å². The van der Waals surface area contributed by atoms with Crippen LogP contribution in [-0.4, -0.2) is 15.6 Å². The molecule has 3 nitrogen and oxygen atoms in total. The van der Waals surface area contributed by atoms with E-state index in [0.29, 0.717) is 11.8 Å². The molecule has 0 aliphatic heterocycles. The molecule has 2 saturated carbocycles. The molecular formula is C15H18ClN3. The second-order valence-electron chi connectivity index (χ2n) is 6.10. The fourth-order valence-corrected chi connectivity index (χ4v) is 4.37. The van der Waals surface area contributed by atoms with E-state index in [9.17, 15) is 0 Å². The van der Waals surface area contributed by atoms with Crippen molar-refractivity contribution in [3.63, 3.8) is 0 Å². The Kier molecular flexibility index (Phi) is 2.45. The monoisotopic (exact) mass is 275 g/mol. The van der Waals surface area contributed by atoms with Gasteiger partial charge < -0.3 is 10.3 Å². The number of rotatable bonds is 1. The Hall–Kier alpha value is -1.06. The van der Waals surface area contributed by atoms with E-state index in [1.165, 1.54) is 19.3 Å². The molecule has 0 saturated heterocycles. The molecule has 2 fully saturated rings. The molecule has 0 spiro atoms. The van der Waals surface area contributed by atoms with Crippen LogP contribution in [0.25, 0.3) is 11.0 Å². The lowest BCUT2D eigenvalue weighted by molar-refractivity contribution is 0.350. The third-order valence-electron chi connectivity index (χ3n) is 5.16. The molecule has 2 aliphatic rings. The molecule has 2 aromatic rings. The topological polar surface area (TPSA) is 43.8 Å². The summed E-state index contributed by atoms with van der Waals surface area (Å²) < 4.78 is 2.21. The molecule has 1 heterocycles. The van der Waals surface area contributed by atoms with Crippen molar-refractivity contribution in [1.29, 1.82) is 0 Å². The Morgan fingerprint density at radius 2 is 2.11 bits per heavy atom. The van der Waals surface area contributed by atoms with Crippen LogP contribution in [-0.2, 0) is 7.05 Å². The number of imidazole rings is 1. The molecule has 19 heavy (non-hydrogen) atoms. The highest BCUT2D eigenvalue weighted by molar-refractivity contribution is 6.31. The zero-order chi connectivity index (χ0) is 13.1. The first kappa shape index (κ1) is 11.7. The first-order valence-electron chi connectivity index (χ1n) is 7.02. The molecule has 4 heteroatoms. The van der Waals surface area contributed by atoms with Gasteiger partial charge in [0.15, 0.2) is 0 Å². The van der Waals surface area contributed by atoms with Crippen molar-refractivity contribution >= 4 is 22.6 Å². The van der Waals surface area contributed by atoms with Gasteiger partial charge in [0.2, 0.25) is 0 Å². The normalized spacial score (nSPS) is 33.4. The third kappa shape index (κ3) is 1.58. The van der Waals surface area contributed by atoms with Crippen LogP contribution in [0.2, 0.25) is 5.02 Å². The van der Waals surface area contributed by atoms with Crippen LogP contribution < -0.4 is 5.73 Å². The van der Waals surface area contributed by atoms with Crippen LogP contribution in [0, 0.1) is 11.8 Å². The minimum Gasteiger partial charge on any atom is -0.331 e. The summed E-state index contributed by atoms with van der Waals surface area (Å²) in [7, 11) is 2.09. The van der Waals surface area contributed by atoms with E-state index in [2.05, 4.69) is 11.6 Å². The fraction of sp³-hybridized carbons (Fsp3) is 0.533. The summed E-state index contributed by atoms with van der Waals surface area (Å²) in [6.45, 7) is 0. The summed E-state index contributed by atoms with van der Waals surface area (Å²) in [4.78, 5) is 4.82. The van der Waals surface area contributed by atoms with E-state index in [1.807, 2.05) is 18.2 Å². The van der Waals surface area contributed by atoms with Gasteiger partial charge >= 0.3 is 0 Å². The summed E-state index contributed by atoms with van der Waals surface area (Å²) in [6.07, 6.45) is 3.90. The molecular weight excluding hydrogens is 258 g/mol. The zero-order valence-electron chi connectivity index (χ0n) is 11.0. The van der Waals surface area contributed by atoms with Gasteiger partial charge in [-0.15, -0.1) is 0 Å². The van der Waals surface area contributed by atoms with E-state index < -0.39 is 0 Å². The molecule has 4 rings (SSSR count). The van der Waals surface area contributed by atoms with E-state index in [0.717, 1.165) is 27.8 Å². The van der Waals surface area contributed by atoms with Crippen molar-refractivity contribution in [3.05, 3.63) is 29.0 Å². The first-order chi connectivity index (χ1) is 9.15. The molecule has 1 aromatic heterocycles. The number of hydrogen-bond acceptors (Lipinski definition) is 2. The van der Waals surface area contributed by atoms with Crippen molar-refractivity contribution < 1.29 is 0 Å². The van der Waals surface area contributed by atoms with Crippen LogP contribution in [0.5, 0.6) is 0 Å². The van der Waals surface area contributed by atoms with Crippen LogP contribution in [0.1, 0.15) is 31.0 Å². The number of nitrogens with two attached hydrogens (primary N) is 1. The van der Waals surface area contributed by atoms with Gasteiger partial charge in [-0.05, 0) is 49.3 Å². The van der Waals surface area contributed by atoms with Crippen molar-refractivity contribution in [2.45, 2.75) is 31.2 Å². The number of aromatic nitrogens is 2. The molecule has 4 unspecified atom stereocenters. The first-order valence-corrected chi connectivity index (χ1v) is 7.40. The average Bonchev–Trinajstić information content (AvgIpc) is 3.04. The van der Waals surface area contributed by atoms with Gasteiger partial charge in [0.1, 0.15) is 5.82 Å². The number of halogens is 1. The zero-order valence-corrected chi connectivity index (χ0v) is 11.8. The van der Waals surface area contributed by atoms with Crippen LogP contribution in [0.3, 0.4) is 0 Å². The molecule has 1 aromatic carbocycles. The molecule has 100 valence electrons. The quantitative estimate of drug-likeness (QED) is 0.869. The summed E-state index contributed by atoms with van der Waals surface area (Å²) in [5, 5.41) is 0.745. The maximum absolute atomic E-state index is 6.44. The third-order valence-corrected chi connectivity index (χ3v) is 5.39. The largest absolute Gasteiger partial charge is 0.331 e. The Balaban J connectivity index is 1.85. The van der Waals surface area contributed by atoms with E-state index in [-0.39, 0.29) is 6.04 Å². The molecule has 2 bridgehead atoms. The minimum atomic E-state index is 0.282. The molecule has 0 radical (unpaired) electrons. The average molecular weight is 276 g/mol. The van der Waals surface area contributed by atoms with E-state index >= 15 is 0 Å². The highest BCUT2D eigenvalue weighted by Crippen LogP contribution is 2.52. The number of aryl methyl sites for hydroxylation is 1. The van der Waals surface area contributed by atoms with Gasteiger partial charge in [-0.25, -0.2) is 4.98 Å². The summed E-state index contributed by atoms with van der Waals surface area (Å²) in [5.74, 6) is 3.01.